The molecule has 1 N–H and O–H groups in total. The van der Waals surface area contributed by atoms with Gasteiger partial charge in [0.05, 0.1) is 10.0 Å². The Morgan fingerprint density at radius 3 is 2.47 bits per heavy atom. The molecular weight excluding hydrogens is 297 g/mol. The molecule has 0 amide bonds. The molecular formula is C12H16Cl3NS. The summed E-state index contributed by atoms with van der Waals surface area (Å²) in [7, 11) is 0. The second-order valence-corrected chi connectivity index (χ2v) is 5.87. The molecule has 0 saturated carbocycles. The summed E-state index contributed by atoms with van der Waals surface area (Å²) in [6, 6.07) is 3.97. The highest BCUT2D eigenvalue weighted by molar-refractivity contribution is 7.98. The van der Waals surface area contributed by atoms with Crippen LogP contribution in [0.1, 0.15) is 18.9 Å². The van der Waals surface area contributed by atoms with Gasteiger partial charge in [-0.15, -0.1) is 0 Å². The molecule has 5 heteroatoms. The second-order valence-electron chi connectivity index (χ2n) is 3.76. The number of nitrogens with one attached hydrogen (secondary N) is 1. The average Bonchev–Trinajstić information content (AvgIpc) is 2.32. The lowest BCUT2D eigenvalue weighted by atomic mass is 10.2. The normalized spacial score (nSPS) is 12.8. The average molecular weight is 313 g/mol. The van der Waals surface area contributed by atoms with E-state index in [1.807, 2.05) is 11.8 Å². The molecule has 1 atom stereocenters. The second kappa shape index (κ2) is 7.75. The minimum atomic E-state index is 0.469. The number of hydrogen-bond donors (Lipinski definition) is 1. The maximum atomic E-state index is 6.14. The molecule has 1 aromatic carbocycles. The van der Waals surface area contributed by atoms with Gasteiger partial charge in [0.25, 0.3) is 0 Å². The van der Waals surface area contributed by atoms with Crippen LogP contribution in [0.2, 0.25) is 15.1 Å². The SMILES string of the molecule is CCC(CSC)NCc1c(Cl)ccc(Cl)c1Cl. The zero-order valence-corrected chi connectivity index (χ0v) is 13.0. The third-order valence-electron chi connectivity index (χ3n) is 2.57. The van der Waals surface area contributed by atoms with Gasteiger partial charge < -0.3 is 5.32 Å². The maximum absolute atomic E-state index is 6.14. The van der Waals surface area contributed by atoms with E-state index in [0.717, 1.165) is 17.7 Å². The zero-order valence-electron chi connectivity index (χ0n) is 9.90. The van der Waals surface area contributed by atoms with Crippen molar-refractivity contribution < 1.29 is 0 Å². The molecule has 1 nitrogen and oxygen atoms in total. The highest BCUT2D eigenvalue weighted by Crippen LogP contribution is 2.31. The molecule has 1 rings (SSSR count). The highest BCUT2D eigenvalue weighted by atomic mass is 35.5. The largest absolute Gasteiger partial charge is 0.309 e. The summed E-state index contributed by atoms with van der Waals surface area (Å²) in [4.78, 5) is 0. The summed E-state index contributed by atoms with van der Waals surface area (Å²) in [5, 5.41) is 5.20. The van der Waals surface area contributed by atoms with Gasteiger partial charge in [0.15, 0.2) is 0 Å². The van der Waals surface area contributed by atoms with Crippen molar-refractivity contribution in [2.75, 3.05) is 12.0 Å². The third kappa shape index (κ3) is 4.53. The van der Waals surface area contributed by atoms with E-state index < -0.39 is 0 Å². The van der Waals surface area contributed by atoms with Crippen LogP contribution in [0, 0.1) is 0 Å². The van der Waals surface area contributed by atoms with Crippen LogP contribution >= 0.6 is 46.6 Å². The lowest BCUT2D eigenvalue weighted by Crippen LogP contribution is -2.30. The van der Waals surface area contributed by atoms with Gasteiger partial charge in [0.2, 0.25) is 0 Å². The summed E-state index contributed by atoms with van der Waals surface area (Å²) in [5.41, 5.74) is 0.875. The Labute approximate surface area is 122 Å². The molecule has 0 aliphatic rings. The van der Waals surface area contributed by atoms with Crippen molar-refractivity contribution in [1.29, 1.82) is 0 Å². The van der Waals surface area contributed by atoms with E-state index in [2.05, 4.69) is 18.5 Å². The number of halogens is 3. The molecule has 0 spiro atoms. The molecule has 0 bridgehead atoms. The lowest BCUT2D eigenvalue weighted by Gasteiger charge is -2.17. The molecule has 1 aromatic rings. The molecule has 0 aromatic heterocycles. The van der Waals surface area contributed by atoms with Gasteiger partial charge in [-0.25, -0.2) is 0 Å². The van der Waals surface area contributed by atoms with E-state index in [1.54, 1.807) is 12.1 Å². The van der Waals surface area contributed by atoms with Crippen LogP contribution in [0.4, 0.5) is 0 Å². The molecule has 17 heavy (non-hydrogen) atoms. The minimum absolute atomic E-state index is 0.469. The molecule has 1 unspecified atom stereocenters. The predicted molar refractivity (Wildman–Crippen MR) is 80.8 cm³/mol. The Bertz CT molecular complexity index is 371. The highest BCUT2D eigenvalue weighted by Gasteiger charge is 2.11. The quantitative estimate of drug-likeness (QED) is 0.751. The smallest absolute Gasteiger partial charge is 0.0652 e. The van der Waals surface area contributed by atoms with E-state index >= 15 is 0 Å². The minimum Gasteiger partial charge on any atom is -0.309 e. The zero-order chi connectivity index (χ0) is 12.8. The molecule has 0 saturated heterocycles. The van der Waals surface area contributed by atoms with E-state index in [-0.39, 0.29) is 0 Å². The maximum Gasteiger partial charge on any atom is 0.0652 e. The van der Waals surface area contributed by atoms with E-state index in [9.17, 15) is 0 Å². The molecule has 96 valence electrons. The van der Waals surface area contributed by atoms with Crippen molar-refractivity contribution in [3.8, 4) is 0 Å². The standard InChI is InChI=1S/C12H16Cl3NS/c1-3-8(7-17-2)16-6-9-10(13)4-5-11(14)12(9)15/h4-5,8,16H,3,6-7H2,1-2H3. The molecule has 0 heterocycles. The van der Waals surface area contributed by atoms with Crippen molar-refractivity contribution in [2.24, 2.45) is 0 Å². The first-order valence-electron chi connectivity index (χ1n) is 5.44. The molecule has 0 radical (unpaired) electrons. The lowest BCUT2D eigenvalue weighted by molar-refractivity contribution is 0.541. The van der Waals surface area contributed by atoms with Crippen LogP contribution in [-0.2, 0) is 6.54 Å². The van der Waals surface area contributed by atoms with Crippen LogP contribution in [-0.4, -0.2) is 18.1 Å². The Hall–Kier alpha value is 0.400. The van der Waals surface area contributed by atoms with Gasteiger partial charge in [-0.05, 0) is 24.8 Å². The fraction of sp³-hybridized carbons (Fsp3) is 0.500. The van der Waals surface area contributed by atoms with Crippen LogP contribution in [0.3, 0.4) is 0 Å². The Kier molecular flexibility index (Phi) is 7.05. The summed E-state index contributed by atoms with van der Waals surface area (Å²) < 4.78 is 0. The van der Waals surface area contributed by atoms with Crippen molar-refractivity contribution in [3.63, 3.8) is 0 Å². The third-order valence-corrected chi connectivity index (χ3v) is 4.50. The van der Waals surface area contributed by atoms with Gasteiger partial charge in [-0.1, -0.05) is 41.7 Å². The fourth-order valence-corrected chi connectivity index (χ4v) is 2.94. The summed E-state index contributed by atoms with van der Waals surface area (Å²) in [5.74, 6) is 1.08. The molecule has 0 aliphatic heterocycles. The predicted octanol–water partition coefficient (Wildman–Crippen LogP) is 4.88. The van der Waals surface area contributed by atoms with Gasteiger partial charge >= 0.3 is 0 Å². The number of thioether (sulfide) groups is 1. The molecule has 0 fully saturated rings. The summed E-state index contributed by atoms with van der Waals surface area (Å²) in [6.45, 7) is 2.81. The number of benzene rings is 1. The number of hydrogen-bond acceptors (Lipinski definition) is 2. The Morgan fingerprint density at radius 2 is 1.88 bits per heavy atom. The Morgan fingerprint density at radius 1 is 1.24 bits per heavy atom. The first kappa shape index (κ1) is 15.5. The van der Waals surface area contributed by atoms with Crippen LogP contribution in [0.15, 0.2) is 12.1 Å². The first-order chi connectivity index (χ1) is 8.10. The summed E-state index contributed by atoms with van der Waals surface area (Å²) >= 11 is 20.1. The van der Waals surface area contributed by atoms with Crippen LogP contribution in [0.5, 0.6) is 0 Å². The molecule has 0 aliphatic carbocycles. The van der Waals surface area contributed by atoms with Gasteiger partial charge in [0, 0.05) is 28.9 Å². The van der Waals surface area contributed by atoms with E-state index in [1.165, 1.54) is 0 Å². The van der Waals surface area contributed by atoms with E-state index in [0.29, 0.717) is 27.7 Å². The van der Waals surface area contributed by atoms with Crippen LogP contribution in [0.25, 0.3) is 0 Å². The van der Waals surface area contributed by atoms with Crippen molar-refractivity contribution in [1.82, 2.24) is 5.32 Å². The van der Waals surface area contributed by atoms with Crippen molar-refractivity contribution in [3.05, 3.63) is 32.8 Å². The van der Waals surface area contributed by atoms with Gasteiger partial charge in [0.1, 0.15) is 0 Å². The monoisotopic (exact) mass is 311 g/mol. The first-order valence-corrected chi connectivity index (χ1v) is 7.97. The van der Waals surface area contributed by atoms with Crippen molar-refractivity contribution in [2.45, 2.75) is 25.9 Å². The summed E-state index contributed by atoms with van der Waals surface area (Å²) in [6.07, 6.45) is 3.18. The van der Waals surface area contributed by atoms with Gasteiger partial charge in [-0.2, -0.15) is 11.8 Å². The number of rotatable bonds is 6. The fourth-order valence-electron chi connectivity index (χ4n) is 1.50. The topological polar surface area (TPSA) is 12.0 Å². The van der Waals surface area contributed by atoms with Gasteiger partial charge in [-0.3, -0.25) is 0 Å². The Balaban J connectivity index is 2.71. The van der Waals surface area contributed by atoms with E-state index in [4.69, 9.17) is 34.8 Å². The van der Waals surface area contributed by atoms with Crippen molar-refractivity contribution >= 4 is 46.6 Å². The van der Waals surface area contributed by atoms with Crippen LogP contribution < -0.4 is 5.32 Å².